The van der Waals surface area contributed by atoms with Crippen LogP contribution in [0.15, 0.2) is 24.5 Å². The van der Waals surface area contributed by atoms with Crippen molar-refractivity contribution in [2.45, 2.75) is 44.4 Å². The zero-order valence-electron chi connectivity index (χ0n) is 13.6. The smallest absolute Gasteiger partial charge is 0.313 e. The first kappa shape index (κ1) is 16.0. The zero-order chi connectivity index (χ0) is 16.3. The predicted molar refractivity (Wildman–Crippen MR) is 85.6 cm³/mol. The highest BCUT2D eigenvalue weighted by Gasteiger charge is 2.51. The van der Waals surface area contributed by atoms with E-state index in [0.717, 1.165) is 44.1 Å². The van der Waals surface area contributed by atoms with Crippen molar-refractivity contribution < 1.29 is 14.3 Å². The molecule has 2 aliphatic carbocycles. The van der Waals surface area contributed by atoms with Crippen LogP contribution in [-0.4, -0.2) is 30.5 Å². The molecule has 2 saturated carbocycles. The molecule has 2 atom stereocenters. The van der Waals surface area contributed by atoms with Gasteiger partial charge in [0.1, 0.15) is 0 Å². The molecule has 0 aromatic carbocycles. The van der Waals surface area contributed by atoms with E-state index >= 15 is 0 Å². The van der Waals surface area contributed by atoms with Gasteiger partial charge >= 0.3 is 5.97 Å². The first-order chi connectivity index (χ1) is 11.2. The number of carbonyl (C=O) groups is 2. The first-order valence-electron chi connectivity index (χ1n) is 8.42. The number of carbonyl (C=O) groups excluding carboxylic acids is 2. The second kappa shape index (κ2) is 6.69. The van der Waals surface area contributed by atoms with E-state index in [1.165, 1.54) is 7.11 Å². The third-order valence-electron chi connectivity index (χ3n) is 5.29. The summed E-state index contributed by atoms with van der Waals surface area (Å²) in [5, 5.41) is 3.01. The molecule has 2 fully saturated rings. The van der Waals surface area contributed by atoms with E-state index in [4.69, 9.17) is 4.74 Å². The van der Waals surface area contributed by atoms with Gasteiger partial charge in [-0.2, -0.15) is 0 Å². The summed E-state index contributed by atoms with van der Waals surface area (Å²) in [6.45, 7) is 0.398. The van der Waals surface area contributed by atoms with Crippen molar-refractivity contribution in [1.82, 2.24) is 10.3 Å². The van der Waals surface area contributed by atoms with Gasteiger partial charge in [0.25, 0.3) is 0 Å². The third kappa shape index (κ3) is 3.38. The van der Waals surface area contributed by atoms with Crippen LogP contribution in [0.4, 0.5) is 0 Å². The molecular weight excluding hydrogens is 292 g/mol. The Morgan fingerprint density at radius 2 is 2.13 bits per heavy atom. The predicted octanol–water partition coefficient (Wildman–Crippen LogP) is 2.42. The SMILES string of the molecule is COC(=O)C1(CNC(=O)C2CCCCC2c2cccnc2)CC1. The molecule has 5 nitrogen and oxygen atoms in total. The molecule has 0 saturated heterocycles. The molecule has 2 unspecified atom stereocenters. The van der Waals surface area contributed by atoms with Gasteiger partial charge in [-0.25, -0.2) is 0 Å². The molecule has 0 spiro atoms. The van der Waals surface area contributed by atoms with E-state index in [-0.39, 0.29) is 23.7 Å². The molecule has 0 aliphatic heterocycles. The van der Waals surface area contributed by atoms with E-state index in [1.54, 1.807) is 6.20 Å². The molecule has 3 rings (SSSR count). The van der Waals surface area contributed by atoms with Gasteiger partial charge < -0.3 is 10.1 Å². The van der Waals surface area contributed by atoms with E-state index < -0.39 is 5.41 Å². The molecule has 1 aromatic rings. The van der Waals surface area contributed by atoms with Gasteiger partial charge in [0.2, 0.25) is 5.91 Å². The van der Waals surface area contributed by atoms with Gasteiger partial charge in [0, 0.05) is 24.9 Å². The molecule has 5 heteroatoms. The summed E-state index contributed by atoms with van der Waals surface area (Å²) < 4.78 is 4.85. The van der Waals surface area contributed by atoms with Crippen LogP contribution in [0.1, 0.15) is 50.0 Å². The van der Waals surface area contributed by atoms with E-state index in [1.807, 2.05) is 12.3 Å². The molecule has 1 aromatic heterocycles. The number of amides is 1. The number of methoxy groups -OCH3 is 1. The van der Waals surface area contributed by atoms with Crippen LogP contribution >= 0.6 is 0 Å². The second-order valence-electron chi connectivity index (χ2n) is 6.77. The molecule has 23 heavy (non-hydrogen) atoms. The summed E-state index contributed by atoms with van der Waals surface area (Å²) in [5.74, 6) is 0.0612. The van der Waals surface area contributed by atoms with Crippen LogP contribution in [0.3, 0.4) is 0 Å². The fourth-order valence-electron chi connectivity index (χ4n) is 3.65. The van der Waals surface area contributed by atoms with Crippen LogP contribution in [0.2, 0.25) is 0 Å². The number of hydrogen-bond donors (Lipinski definition) is 1. The van der Waals surface area contributed by atoms with Gasteiger partial charge in [-0.15, -0.1) is 0 Å². The van der Waals surface area contributed by atoms with Crippen LogP contribution in [0.25, 0.3) is 0 Å². The molecule has 0 radical (unpaired) electrons. The Morgan fingerprint density at radius 1 is 1.35 bits per heavy atom. The summed E-state index contributed by atoms with van der Waals surface area (Å²) >= 11 is 0. The number of nitrogens with zero attached hydrogens (tertiary/aromatic N) is 1. The molecular formula is C18H24N2O3. The highest BCUT2D eigenvalue weighted by atomic mass is 16.5. The highest BCUT2D eigenvalue weighted by molar-refractivity contribution is 5.83. The van der Waals surface area contributed by atoms with Crippen LogP contribution in [-0.2, 0) is 14.3 Å². The van der Waals surface area contributed by atoms with Crippen molar-refractivity contribution in [2.75, 3.05) is 13.7 Å². The third-order valence-corrected chi connectivity index (χ3v) is 5.29. The summed E-state index contributed by atoms with van der Waals surface area (Å²) in [5.41, 5.74) is 0.671. The average molecular weight is 316 g/mol. The van der Waals surface area contributed by atoms with Gasteiger partial charge in [-0.1, -0.05) is 18.9 Å². The average Bonchev–Trinajstić information content (AvgIpc) is 3.41. The quantitative estimate of drug-likeness (QED) is 0.847. The van der Waals surface area contributed by atoms with Crippen LogP contribution in [0.5, 0.6) is 0 Å². The van der Waals surface area contributed by atoms with Gasteiger partial charge in [0.15, 0.2) is 0 Å². The monoisotopic (exact) mass is 316 g/mol. The van der Waals surface area contributed by atoms with Gasteiger partial charge in [-0.3, -0.25) is 14.6 Å². The van der Waals surface area contributed by atoms with Crippen molar-refractivity contribution in [3.05, 3.63) is 30.1 Å². The summed E-state index contributed by atoms with van der Waals surface area (Å²) in [4.78, 5) is 28.7. The number of ether oxygens (including phenoxy) is 1. The fourth-order valence-corrected chi connectivity index (χ4v) is 3.65. The van der Waals surface area contributed by atoms with E-state index in [0.29, 0.717) is 6.54 Å². The van der Waals surface area contributed by atoms with Crippen molar-refractivity contribution in [3.8, 4) is 0 Å². The maximum absolute atomic E-state index is 12.7. The minimum Gasteiger partial charge on any atom is -0.469 e. The second-order valence-corrected chi connectivity index (χ2v) is 6.77. The number of aromatic nitrogens is 1. The topological polar surface area (TPSA) is 68.3 Å². The standard InChI is InChI=1S/C18H24N2O3/c1-23-17(22)18(8-9-18)12-20-16(21)15-7-3-2-6-14(15)13-5-4-10-19-11-13/h4-5,10-11,14-15H,2-3,6-9,12H2,1H3,(H,20,21). The molecule has 2 aliphatic rings. The maximum atomic E-state index is 12.7. The number of rotatable bonds is 5. The lowest BCUT2D eigenvalue weighted by atomic mass is 9.75. The summed E-state index contributed by atoms with van der Waals surface area (Å²) in [6, 6.07) is 3.98. The van der Waals surface area contributed by atoms with Gasteiger partial charge in [-0.05, 0) is 43.2 Å². The van der Waals surface area contributed by atoms with E-state index in [9.17, 15) is 9.59 Å². The largest absolute Gasteiger partial charge is 0.469 e. The Balaban J connectivity index is 1.64. The molecule has 1 amide bonds. The number of hydrogen-bond acceptors (Lipinski definition) is 4. The Kier molecular flexibility index (Phi) is 4.64. The minimum atomic E-state index is -0.469. The molecule has 0 bridgehead atoms. The van der Waals surface area contributed by atoms with Crippen molar-refractivity contribution in [2.24, 2.45) is 11.3 Å². The maximum Gasteiger partial charge on any atom is 0.313 e. The highest BCUT2D eigenvalue weighted by Crippen LogP contribution is 2.46. The molecule has 124 valence electrons. The number of nitrogens with one attached hydrogen (secondary N) is 1. The van der Waals surface area contributed by atoms with Crippen LogP contribution < -0.4 is 5.32 Å². The lowest BCUT2D eigenvalue weighted by molar-refractivity contribution is -0.147. The van der Waals surface area contributed by atoms with Crippen LogP contribution in [0, 0.1) is 11.3 Å². The number of pyridine rings is 1. The molecule has 1 N–H and O–H groups in total. The lowest BCUT2D eigenvalue weighted by Crippen LogP contribution is -2.40. The first-order valence-corrected chi connectivity index (χ1v) is 8.42. The summed E-state index contributed by atoms with van der Waals surface area (Å²) in [7, 11) is 1.41. The minimum absolute atomic E-state index is 0.0265. The molecule has 1 heterocycles. The Hall–Kier alpha value is -1.91. The Labute approximate surface area is 136 Å². The lowest BCUT2D eigenvalue weighted by Gasteiger charge is -2.31. The van der Waals surface area contributed by atoms with Crippen molar-refractivity contribution >= 4 is 11.9 Å². The number of esters is 1. The fraction of sp³-hybridized carbons (Fsp3) is 0.611. The Morgan fingerprint density at radius 3 is 2.78 bits per heavy atom. The Bertz CT molecular complexity index is 569. The van der Waals surface area contributed by atoms with Crippen molar-refractivity contribution in [3.63, 3.8) is 0 Å². The normalized spacial score (nSPS) is 25.4. The summed E-state index contributed by atoms with van der Waals surface area (Å²) in [6.07, 6.45) is 9.38. The van der Waals surface area contributed by atoms with Gasteiger partial charge in [0.05, 0.1) is 12.5 Å². The zero-order valence-corrected chi connectivity index (χ0v) is 13.6. The van der Waals surface area contributed by atoms with E-state index in [2.05, 4.69) is 16.4 Å². The van der Waals surface area contributed by atoms with Crippen molar-refractivity contribution in [1.29, 1.82) is 0 Å².